The molecule has 0 amide bonds. The van der Waals surface area contributed by atoms with Crippen LogP contribution in [0.4, 0.5) is 8.78 Å². The van der Waals surface area contributed by atoms with Crippen LogP contribution in [-0.4, -0.2) is 48.6 Å². The molecule has 6 nitrogen and oxygen atoms in total. The van der Waals surface area contributed by atoms with Gasteiger partial charge in [-0.15, -0.1) is 0 Å². The van der Waals surface area contributed by atoms with Crippen molar-refractivity contribution in [2.45, 2.75) is 0 Å². The third-order valence-electron chi connectivity index (χ3n) is 3.57. The number of hydrogen-bond acceptors (Lipinski definition) is 6. The SMILES string of the molecule is CN(C)CCNC1=CC(=O)c2oc(-c3cc(F)cc(F)c3)nc2C1=O. The Hall–Kier alpha value is -2.87. The number of allylic oxidation sites excluding steroid dienone is 2. The number of fused-ring (bicyclic) bond motifs is 1. The van der Waals surface area contributed by atoms with E-state index < -0.39 is 23.2 Å². The maximum Gasteiger partial charge on any atom is 0.231 e. The molecule has 0 saturated heterocycles. The Labute approximate surface area is 142 Å². The maximum atomic E-state index is 13.3. The van der Waals surface area contributed by atoms with Gasteiger partial charge in [0.1, 0.15) is 11.6 Å². The molecule has 0 unspecified atom stereocenters. The lowest BCUT2D eigenvalue weighted by atomic mass is 10.0. The number of hydrogen-bond donors (Lipinski definition) is 1. The summed E-state index contributed by atoms with van der Waals surface area (Å²) < 4.78 is 32.0. The Morgan fingerprint density at radius 3 is 2.48 bits per heavy atom. The van der Waals surface area contributed by atoms with Gasteiger partial charge in [0.2, 0.25) is 23.2 Å². The molecular weight excluding hydrogens is 332 g/mol. The monoisotopic (exact) mass is 347 g/mol. The number of benzene rings is 1. The molecule has 0 radical (unpaired) electrons. The molecule has 0 fully saturated rings. The second-order valence-corrected chi connectivity index (χ2v) is 5.84. The molecule has 0 saturated carbocycles. The molecule has 1 aromatic heterocycles. The van der Waals surface area contributed by atoms with E-state index in [2.05, 4.69) is 10.3 Å². The molecule has 1 aliphatic rings. The van der Waals surface area contributed by atoms with Crippen LogP contribution in [0.2, 0.25) is 0 Å². The summed E-state index contributed by atoms with van der Waals surface area (Å²) in [5.74, 6) is -3.07. The van der Waals surface area contributed by atoms with E-state index in [-0.39, 0.29) is 28.6 Å². The predicted molar refractivity (Wildman–Crippen MR) is 85.2 cm³/mol. The van der Waals surface area contributed by atoms with Crippen LogP contribution in [0.3, 0.4) is 0 Å². The fraction of sp³-hybridized carbons (Fsp3) is 0.235. The van der Waals surface area contributed by atoms with Gasteiger partial charge in [0, 0.05) is 30.8 Å². The van der Waals surface area contributed by atoms with Gasteiger partial charge in [-0.2, -0.15) is 0 Å². The number of rotatable bonds is 5. The first-order chi connectivity index (χ1) is 11.8. The highest BCUT2D eigenvalue weighted by Crippen LogP contribution is 2.27. The van der Waals surface area contributed by atoms with Gasteiger partial charge in [0.25, 0.3) is 0 Å². The molecule has 0 spiro atoms. The van der Waals surface area contributed by atoms with Gasteiger partial charge in [-0.3, -0.25) is 9.59 Å². The van der Waals surface area contributed by atoms with Gasteiger partial charge in [0.15, 0.2) is 5.69 Å². The minimum absolute atomic E-state index is 0.00890. The molecule has 3 rings (SSSR count). The highest BCUT2D eigenvalue weighted by Gasteiger charge is 2.32. The summed E-state index contributed by atoms with van der Waals surface area (Å²) in [4.78, 5) is 30.5. The summed E-state index contributed by atoms with van der Waals surface area (Å²) in [5, 5.41) is 2.89. The summed E-state index contributed by atoms with van der Waals surface area (Å²) >= 11 is 0. The number of aromatic nitrogens is 1. The van der Waals surface area contributed by atoms with Crippen molar-refractivity contribution in [2.24, 2.45) is 0 Å². The van der Waals surface area contributed by atoms with E-state index in [0.717, 1.165) is 18.2 Å². The van der Waals surface area contributed by atoms with E-state index in [9.17, 15) is 18.4 Å². The van der Waals surface area contributed by atoms with Crippen molar-refractivity contribution in [2.75, 3.05) is 27.2 Å². The number of nitrogens with one attached hydrogen (secondary N) is 1. The largest absolute Gasteiger partial charge is 0.432 e. The Morgan fingerprint density at radius 1 is 1.16 bits per heavy atom. The van der Waals surface area contributed by atoms with Crippen molar-refractivity contribution >= 4 is 11.6 Å². The number of Topliss-reactive ketones (excluding diaryl/α,β-unsaturated/α-hetero) is 1. The van der Waals surface area contributed by atoms with Crippen molar-refractivity contribution in [1.29, 1.82) is 0 Å². The van der Waals surface area contributed by atoms with Crippen LogP contribution < -0.4 is 5.32 Å². The Balaban J connectivity index is 1.89. The average molecular weight is 347 g/mol. The Morgan fingerprint density at radius 2 is 1.84 bits per heavy atom. The zero-order chi connectivity index (χ0) is 18.1. The average Bonchev–Trinajstić information content (AvgIpc) is 2.97. The fourth-order valence-electron chi connectivity index (χ4n) is 2.38. The van der Waals surface area contributed by atoms with Crippen molar-refractivity contribution in [3.8, 4) is 11.5 Å². The highest BCUT2D eigenvalue weighted by molar-refractivity contribution is 6.22. The minimum Gasteiger partial charge on any atom is -0.432 e. The highest BCUT2D eigenvalue weighted by atomic mass is 19.1. The van der Waals surface area contributed by atoms with Crippen LogP contribution in [0.15, 0.2) is 34.4 Å². The first-order valence-electron chi connectivity index (χ1n) is 7.52. The number of carbonyl (C=O) groups is 2. The standard InChI is InChI=1S/C17H15F2N3O3/c1-22(2)4-3-20-12-8-13(23)16-14(15(12)24)21-17(25-16)9-5-10(18)7-11(19)6-9/h5-8,20H,3-4H2,1-2H3. The molecule has 0 bridgehead atoms. The zero-order valence-corrected chi connectivity index (χ0v) is 13.6. The van der Waals surface area contributed by atoms with Crippen LogP contribution in [0.1, 0.15) is 21.0 Å². The quantitative estimate of drug-likeness (QED) is 0.892. The van der Waals surface area contributed by atoms with E-state index in [1.165, 1.54) is 0 Å². The lowest BCUT2D eigenvalue weighted by Gasteiger charge is -2.14. The van der Waals surface area contributed by atoms with Gasteiger partial charge in [-0.1, -0.05) is 0 Å². The molecule has 130 valence electrons. The molecule has 1 N–H and O–H groups in total. The molecular formula is C17H15F2N3O3. The van der Waals surface area contributed by atoms with Crippen LogP contribution in [0.25, 0.3) is 11.5 Å². The topological polar surface area (TPSA) is 75.4 Å². The zero-order valence-electron chi connectivity index (χ0n) is 13.6. The first-order valence-corrected chi connectivity index (χ1v) is 7.52. The number of halogens is 2. The molecule has 25 heavy (non-hydrogen) atoms. The van der Waals surface area contributed by atoms with E-state index in [1.54, 1.807) is 0 Å². The van der Waals surface area contributed by atoms with Gasteiger partial charge >= 0.3 is 0 Å². The van der Waals surface area contributed by atoms with Gasteiger partial charge in [-0.05, 0) is 26.2 Å². The molecule has 1 heterocycles. The maximum absolute atomic E-state index is 13.3. The summed E-state index contributed by atoms with van der Waals surface area (Å²) in [6.07, 6.45) is 1.14. The van der Waals surface area contributed by atoms with Crippen molar-refractivity contribution in [3.63, 3.8) is 0 Å². The lowest BCUT2D eigenvalue weighted by molar-refractivity contribution is 0.0960. The van der Waals surface area contributed by atoms with Gasteiger partial charge in [-0.25, -0.2) is 13.8 Å². The Kier molecular flexibility index (Phi) is 4.45. The third kappa shape index (κ3) is 3.48. The second-order valence-electron chi connectivity index (χ2n) is 5.84. The summed E-state index contributed by atoms with van der Waals surface area (Å²) in [7, 11) is 3.76. The second kappa shape index (κ2) is 6.56. The number of nitrogens with zero attached hydrogens (tertiary/aromatic N) is 2. The number of oxazole rings is 1. The van der Waals surface area contributed by atoms with Crippen molar-refractivity contribution in [1.82, 2.24) is 15.2 Å². The van der Waals surface area contributed by atoms with Crippen molar-refractivity contribution < 1.29 is 22.8 Å². The lowest BCUT2D eigenvalue weighted by Crippen LogP contribution is -2.31. The summed E-state index contributed by atoms with van der Waals surface area (Å²) in [6.45, 7) is 1.13. The molecule has 8 heteroatoms. The van der Waals surface area contributed by atoms with Crippen molar-refractivity contribution in [3.05, 3.63) is 53.1 Å². The van der Waals surface area contributed by atoms with E-state index in [1.807, 2.05) is 19.0 Å². The number of carbonyl (C=O) groups excluding carboxylic acids is 2. The first kappa shape index (κ1) is 17.0. The summed E-state index contributed by atoms with van der Waals surface area (Å²) in [5.41, 5.74) is -0.0428. The number of ketones is 2. The third-order valence-corrected chi connectivity index (χ3v) is 3.57. The fourth-order valence-corrected chi connectivity index (χ4v) is 2.38. The molecule has 0 aliphatic heterocycles. The number of likely N-dealkylation sites (N-methyl/N-ethyl adjacent to an activating group) is 1. The van der Waals surface area contributed by atoms with Crippen LogP contribution in [0.5, 0.6) is 0 Å². The van der Waals surface area contributed by atoms with Crippen LogP contribution in [0, 0.1) is 11.6 Å². The minimum atomic E-state index is -0.812. The van der Waals surface area contributed by atoms with Gasteiger partial charge in [0.05, 0.1) is 5.70 Å². The van der Waals surface area contributed by atoms with Gasteiger partial charge < -0.3 is 14.6 Å². The predicted octanol–water partition coefficient (Wildman–Crippen LogP) is 2.03. The molecule has 1 aromatic carbocycles. The molecule has 1 aliphatic carbocycles. The van der Waals surface area contributed by atoms with E-state index >= 15 is 0 Å². The van der Waals surface area contributed by atoms with E-state index in [0.29, 0.717) is 19.2 Å². The molecule has 0 atom stereocenters. The van der Waals surface area contributed by atoms with Crippen LogP contribution in [-0.2, 0) is 0 Å². The van der Waals surface area contributed by atoms with Crippen LogP contribution >= 0.6 is 0 Å². The summed E-state index contributed by atoms with van der Waals surface area (Å²) in [6, 6.07) is 2.73. The Bertz CT molecular complexity index is 867. The normalized spacial score (nSPS) is 13.9. The van der Waals surface area contributed by atoms with E-state index in [4.69, 9.17) is 4.42 Å². The smallest absolute Gasteiger partial charge is 0.231 e. The molecule has 2 aromatic rings.